The molecule has 2 heterocycles. The number of nitrogens with zero attached hydrogens (tertiary/aromatic N) is 3. The van der Waals surface area contributed by atoms with Crippen LogP contribution in [0.3, 0.4) is 0 Å². The third-order valence-corrected chi connectivity index (χ3v) is 6.17. The van der Waals surface area contributed by atoms with Gasteiger partial charge in [0.05, 0.1) is 26.7 Å². The number of benzene rings is 2. The predicted molar refractivity (Wildman–Crippen MR) is 119 cm³/mol. The van der Waals surface area contributed by atoms with Gasteiger partial charge in [-0.2, -0.15) is 0 Å². The van der Waals surface area contributed by atoms with Crippen LogP contribution in [0.25, 0.3) is 0 Å². The number of likely N-dealkylation sites (tertiary alicyclic amines) is 1. The van der Waals surface area contributed by atoms with Crippen LogP contribution in [0.2, 0.25) is 0 Å². The first-order chi connectivity index (χ1) is 15.1. The van der Waals surface area contributed by atoms with Gasteiger partial charge in [-0.05, 0) is 36.2 Å². The Bertz CT molecular complexity index is 926. The molecule has 7 nitrogen and oxygen atoms in total. The fourth-order valence-corrected chi connectivity index (χ4v) is 4.39. The number of carbonyl (C=O) groups excluding carboxylic acids is 2. The van der Waals surface area contributed by atoms with Crippen LogP contribution in [0.1, 0.15) is 12.0 Å². The average molecular weight is 424 g/mol. The molecular formula is C24H29N3O4. The van der Waals surface area contributed by atoms with E-state index >= 15 is 0 Å². The van der Waals surface area contributed by atoms with Gasteiger partial charge in [0.25, 0.3) is 0 Å². The summed E-state index contributed by atoms with van der Waals surface area (Å²) in [6.45, 7) is 3.65. The molecular weight excluding hydrogens is 394 g/mol. The smallest absolute Gasteiger partial charge is 0.247 e. The van der Waals surface area contributed by atoms with Gasteiger partial charge in [0.1, 0.15) is 0 Å². The molecule has 0 aromatic heterocycles. The quantitative estimate of drug-likeness (QED) is 0.637. The number of ether oxygens (including phenoxy) is 2. The lowest BCUT2D eigenvalue weighted by atomic mass is 10.1. The first-order valence-electron chi connectivity index (χ1n) is 10.7. The van der Waals surface area contributed by atoms with Crippen molar-refractivity contribution in [3.8, 4) is 11.5 Å². The molecule has 2 aromatic carbocycles. The van der Waals surface area contributed by atoms with Gasteiger partial charge in [0.2, 0.25) is 11.8 Å². The molecule has 2 amide bonds. The third-order valence-electron chi connectivity index (χ3n) is 6.17. The highest BCUT2D eigenvalue weighted by atomic mass is 16.5. The zero-order valence-electron chi connectivity index (χ0n) is 18.1. The summed E-state index contributed by atoms with van der Waals surface area (Å²) in [5.41, 5.74) is 2.20. The van der Waals surface area contributed by atoms with E-state index in [4.69, 9.17) is 9.47 Å². The fourth-order valence-electron chi connectivity index (χ4n) is 4.39. The van der Waals surface area contributed by atoms with Crippen LogP contribution in [-0.4, -0.2) is 74.6 Å². The summed E-state index contributed by atoms with van der Waals surface area (Å²) in [6.07, 6.45) is 0.864. The number of para-hydroxylation sites is 1. The molecule has 164 valence electrons. The Kier molecular flexibility index (Phi) is 6.42. The van der Waals surface area contributed by atoms with Crippen LogP contribution in [0, 0.1) is 0 Å². The van der Waals surface area contributed by atoms with E-state index in [1.807, 2.05) is 36.4 Å². The zero-order chi connectivity index (χ0) is 21.8. The van der Waals surface area contributed by atoms with Crippen molar-refractivity contribution in [1.82, 2.24) is 9.80 Å². The Balaban J connectivity index is 1.34. The molecule has 0 bridgehead atoms. The van der Waals surface area contributed by atoms with Crippen LogP contribution in [0.4, 0.5) is 5.69 Å². The number of anilines is 1. The number of methoxy groups -OCH3 is 2. The van der Waals surface area contributed by atoms with Crippen LogP contribution < -0.4 is 14.4 Å². The van der Waals surface area contributed by atoms with Gasteiger partial charge < -0.3 is 14.4 Å². The molecule has 0 spiro atoms. The molecule has 2 aromatic rings. The SMILES string of the molecule is COc1ccc(CCN2C(=O)C[C@@H](N3CCN(c4ccccc4)CC3)C2=O)cc1OC. The highest BCUT2D eigenvalue weighted by Crippen LogP contribution is 2.28. The first-order valence-corrected chi connectivity index (χ1v) is 10.7. The van der Waals surface area contributed by atoms with Crippen LogP contribution >= 0.6 is 0 Å². The molecule has 2 saturated heterocycles. The summed E-state index contributed by atoms with van der Waals surface area (Å²) >= 11 is 0. The molecule has 2 aliphatic rings. The topological polar surface area (TPSA) is 62.3 Å². The Hall–Kier alpha value is -3.06. The van der Waals surface area contributed by atoms with E-state index in [2.05, 4.69) is 21.9 Å². The summed E-state index contributed by atoms with van der Waals surface area (Å²) in [5, 5.41) is 0. The van der Waals surface area contributed by atoms with Crippen molar-refractivity contribution in [2.45, 2.75) is 18.9 Å². The molecule has 0 radical (unpaired) electrons. The number of piperazine rings is 1. The number of hydrogen-bond acceptors (Lipinski definition) is 6. The first kappa shape index (κ1) is 21.2. The maximum Gasteiger partial charge on any atom is 0.247 e. The molecule has 0 saturated carbocycles. The van der Waals surface area contributed by atoms with Crippen molar-refractivity contribution >= 4 is 17.5 Å². The van der Waals surface area contributed by atoms with E-state index in [0.717, 1.165) is 31.7 Å². The van der Waals surface area contributed by atoms with Gasteiger partial charge in [-0.25, -0.2) is 0 Å². The van der Waals surface area contributed by atoms with Crippen molar-refractivity contribution in [2.24, 2.45) is 0 Å². The Morgan fingerprint density at radius 2 is 1.61 bits per heavy atom. The normalized spacial score (nSPS) is 19.7. The summed E-state index contributed by atoms with van der Waals surface area (Å²) in [6, 6.07) is 15.6. The molecule has 0 unspecified atom stereocenters. The molecule has 4 rings (SSSR count). The number of hydrogen-bond donors (Lipinski definition) is 0. The van der Waals surface area contributed by atoms with Crippen molar-refractivity contribution in [3.63, 3.8) is 0 Å². The molecule has 31 heavy (non-hydrogen) atoms. The van der Waals surface area contributed by atoms with Gasteiger partial charge in [-0.15, -0.1) is 0 Å². The summed E-state index contributed by atoms with van der Waals surface area (Å²) in [5.74, 6) is 1.15. The van der Waals surface area contributed by atoms with Crippen molar-refractivity contribution < 1.29 is 19.1 Å². The number of carbonyl (C=O) groups is 2. The van der Waals surface area contributed by atoms with E-state index in [0.29, 0.717) is 24.5 Å². The predicted octanol–water partition coefficient (Wildman–Crippen LogP) is 2.20. The molecule has 2 aliphatic heterocycles. The summed E-state index contributed by atoms with van der Waals surface area (Å²) < 4.78 is 10.6. The Labute approximate surface area is 183 Å². The van der Waals surface area contributed by atoms with Gasteiger partial charge >= 0.3 is 0 Å². The largest absolute Gasteiger partial charge is 0.493 e. The Morgan fingerprint density at radius 3 is 2.29 bits per heavy atom. The van der Waals surface area contributed by atoms with Crippen molar-refractivity contribution in [3.05, 3.63) is 54.1 Å². The molecule has 2 fully saturated rings. The maximum absolute atomic E-state index is 13.0. The lowest BCUT2D eigenvalue weighted by Gasteiger charge is -2.38. The van der Waals surface area contributed by atoms with Crippen molar-refractivity contribution in [2.75, 3.05) is 51.8 Å². The minimum absolute atomic E-state index is 0.0707. The minimum atomic E-state index is -0.337. The monoisotopic (exact) mass is 423 g/mol. The lowest BCUT2D eigenvalue weighted by Crippen LogP contribution is -2.52. The molecule has 7 heteroatoms. The average Bonchev–Trinajstić information content (AvgIpc) is 3.11. The highest BCUT2D eigenvalue weighted by molar-refractivity contribution is 6.05. The van der Waals surface area contributed by atoms with Crippen LogP contribution in [0.15, 0.2) is 48.5 Å². The minimum Gasteiger partial charge on any atom is -0.493 e. The van der Waals surface area contributed by atoms with Gasteiger partial charge in [-0.1, -0.05) is 24.3 Å². The second kappa shape index (κ2) is 9.39. The van der Waals surface area contributed by atoms with E-state index < -0.39 is 0 Å². The maximum atomic E-state index is 13.0. The molecule has 0 N–H and O–H groups in total. The third kappa shape index (κ3) is 4.51. The molecule has 1 atom stereocenters. The number of imide groups is 1. The van der Waals surface area contributed by atoms with E-state index in [9.17, 15) is 9.59 Å². The van der Waals surface area contributed by atoms with Gasteiger partial charge in [-0.3, -0.25) is 19.4 Å². The Morgan fingerprint density at radius 1 is 0.903 bits per heavy atom. The van der Waals surface area contributed by atoms with Crippen molar-refractivity contribution in [1.29, 1.82) is 0 Å². The van der Waals surface area contributed by atoms with E-state index in [1.54, 1.807) is 14.2 Å². The standard InChI is InChI=1S/C24H29N3O4/c1-30-21-9-8-18(16-22(21)31-2)10-11-27-23(28)17-20(24(27)29)26-14-12-25(13-15-26)19-6-4-3-5-7-19/h3-9,16,20H,10-15,17H2,1-2H3/t20-/m1/s1. The summed E-state index contributed by atoms with van der Waals surface area (Å²) in [4.78, 5) is 31.5. The second-order valence-electron chi connectivity index (χ2n) is 7.90. The summed E-state index contributed by atoms with van der Waals surface area (Å²) in [7, 11) is 3.19. The van der Waals surface area contributed by atoms with E-state index in [-0.39, 0.29) is 24.3 Å². The fraction of sp³-hybridized carbons (Fsp3) is 0.417. The molecule has 0 aliphatic carbocycles. The van der Waals surface area contributed by atoms with Crippen LogP contribution in [0.5, 0.6) is 11.5 Å². The van der Waals surface area contributed by atoms with Gasteiger partial charge in [0, 0.05) is 38.4 Å². The second-order valence-corrected chi connectivity index (χ2v) is 7.90. The van der Waals surface area contributed by atoms with Crippen LogP contribution in [-0.2, 0) is 16.0 Å². The lowest BCUT2D eigenvalue weighted by molar-refractivity contribution is -0.139. The number of amides is 2. The van der Waals surface area contributed by atoms with Gasteiger partial charge in [0.15, 0.2) is 11.5 Å². The highest BCUT2D eigenvalue weighted by Gasteiger charge is 2.42. The zero-order valence-corrected chi connectivity index (χ0v) is 18.1. The number of rotatable bonds is 7. The van der Waals surface area contributed by atoms with E-state index in [1.165, 1.54) is 10.6 Å².